The highest BCUT2D eigenvalue weighted by Crippen LogP contribution is 2.28. The van der Waals surface area contributed by atoms with Gasteiger partial charge in [0.25, 0.3) is 0 Å². The quantitative estimate of drug-likeness (QED) is 0.732. The third kappa shape index (κ3) is 3.74. The lowest BCUT2D eigenvalue weighted by atomic mass is 9.89. The van der Waals surface area contributed by atoms with E-state index in [2.05, 4.69) is 11.9 Å². The summed E-state index contributed by atoms with van der Waals surface area (Å²) in [7, 11) is 2.38. The lowest BCUT2D eigenvalue weighted by molar-refractivity contribution is 0.111. The van der Waals surface area contributed by atoms with Crippen molar-refractivity contribution in [1.29, 1.82) is 0 Å². The van der Waals surface area contributed by atoms with E-state index in [0.29, 0.717) is 0 Å². The fourth-order valence-corrected chi connectivity index (χ4v) is 3.27. The number of halogens is 1. The number of rotatable bonds is 2. The van der Waals surface area contributed by atoms with Gasteiger partial charge in [-0.1, -0.05) is 38.5 Å². The van der Waals surface area contributed by atoms with Gasteiger partial charge in [-0.3, -0.25) is 0 Å². The Morgan fingerprint density at radius 1 is 0.667 bits per heavy atom. The molecule has 15 heavy (non-hydrogen) atoms. The van der Waals surface area contributed by atoms with Crippen LogP contribution in [0.2, 0.25) is 0 Å². The number of hydrogen-bond acceptors (Lipinski definition) is 1. The van der Waals surface area contributed by atoms with Crippen molar-refractivity contribution < 1.29 is 0 Å². The Morgan fingerprint density at radius 2 is 1.00 bits per heavy atom. The van der Waals surface area contributed by atoms with Crippen molar-refractivity contribution in [2.24, 2.45) is 0 Å². The molecule has 0 aromatic heterocycles. The molecule has 0 spiro atoms. The number of nitrogens with zero attached hydrogens (tertiary/aromatic N) is 1. The van der Waals surface area contributed by atoms with Crippen LogP contribution in [0, 0.1) is 0 Å². The Hall–Kier alpha value is 0.440. The minimum atomic E-state index is 0. The second kappa shape index (κ2) is 6.90. The van der Waals surface area contributed by atoms with Crippen molar-refractivity contribution in [1.82, 2.24) is 4.90 Å². The maximum atomic E-state index is 2.72. The minimum Gasteiger partial charge on any atom is -0.300 e. The molecule has 0 aromatic rings. The summed E-state index contributed by atoms with van der Waals surface area (Å²) in [6.45, 7) is 0. The van der Waals surface area contributed by atoms with Crippen molar-refractivity contribution in [2.45, 2.75) is 76.3 Å². The SMILES string of the molecule is Br.CN(C1CCCCC1)C1CCCCC1. The van der Waals surface area contributed by atoms with E-state index in [4.69, 9.17) is 0 Å². The van der Waals surface area contributed by atoms with Crippen LogP contribution in [0.15, 0.2) is 0 Å². The van der Waals surface area contributed by atoms with Gasteiger partial charge in [0.05, 0.1) is 0 Å². The van der Waals surface area contributed by atoms with E-state index in [1.807, 2.05) is 0 Å². The summed E-state index contributed by atoms with van der Waals surface area (Å²) in [4.78, 5) is 2.72. The van der Waals surface area contributed by atoms with E-state index >= 15 is 0 Å². The van der Waals surface area contributed by atoms with E-state index in [0.717, 1.165) is 12.1 Å². The van der Waals surface area contributed by atoms with E-state index in [9.17, 15) is 0 Å². The smallest absolute Gasteiger partial charge is 0.00951 e. The molecule has 0 saturated heterocycles. The molecule has 0 N–H and O–H groups in total. The molecule has 0 unspecified atom stereocenters. The molecule has 0 amide bonds. The topological polar surface area (TPSA) is 3.24 Å². The van der Waals surface area contributed by atoms with Gasteiger partial charge in [-0.25, -0.2) is 0 Å². The monoisotopic (exact) mass is 275 g/mol. The van der Waals surface area contributed by atoms with Crippen LogP contribution < -0.4 is 0 Å². The molecule has 90 valence electrons. The summed E-state index contributed by atoms with van der Waals surface area (Å²) in [6, 6.07) is 1.85. The van der Waals surface area contributed by atoms with Gasteiger partial charge >= 0.3 is 0 Å². The Bertz CT molecular complexity index is 142. The first kappa shape index (κ1) is 13.5. The van der Waals surface area contributed by atoms with Crippen molar-refractivity contribution in [3.63, 3.8) is 0 Å². The first-order valence-corrected chi connectivity index (χ1v) is 6.60. The summed E-state index contributed by atoms with van der Waals surface area (Å²) in [6.07, 6.45) is 14.7. The van der Waals surface area contributed by atoms with E-state index in [-0.39, 0.29) is 17.0 Å². The Kier molecular flexibility index (Phi) is 6.21. The van der Waals surface area contributed by atoms with Crippen LogP contribution in [0.25, 0.3) is 0 Å². The summed E-state index contributed by atoms with van der Waals surface area (Å²) < 4.78 is 0. The van der Waals surface area contributed by atoms with Crippen LogP contribution in [-0.2, 0) is 0 Å². The van der Waals surface area contributed by atoms with E-state index in [1.54, 1.807) is 0 Å². The molecule has 0 bridgehead atoms. The zero-order valence-corrected chi connectivity index (χ0v) is 11.8. The van der Waals surface area contributed by atoms with E-state index < -0.39 is 0 Å². The molecule has 0 heterocycles. The van der Waals surface area contributed by atoms with Crippen molar-refractivity contribution in [3.05, 3.63) is 0 Å². The van der Waals surface area contributed by atoms with Crippen LogP contribution in [0.3, 0.4) is 0 Å². The summed E-state index contributed by atoms with van der Waals surface area (Å²) in [5.41, 5.74) is 0. The third-order valence-electron chi connectivity index (χ3n) is 4.30. The molecule has 2 aliphatic carbocycles. The molecule has 0 aliphatic heterocycles. The standard InChI is InChI=1S/C13H25N.BrH/c1-14(12-8-4-2-5-9-12)13-10-6-3-7-11-13;/h12-13H,2-11H2,1H3;1H. The second-order valence-corrected chi connectivity index (χ2v) is 5.25. The summed E-state index contributed by atoms with van der Waals surface area (Å²) >= 11 is 0. The Labute approximate surface area is 105 Å². The van der Waals surface area contributed by atoms with Gasteiger partial charge in [0.2, 0.25) is 0 Å². The molecule has 1 nitrogen and oxygen atoms in total. The molecule has 2 aliphatic rings. The highest BCUT2D eigenvalue weighted by Gasteiger charge is 2.25. The maximum absolute atomic E-state index is 2.72. The van der Waals surface area contributed by atoms with Crippen LogP contribution in [-0.4, -0.2) is 24.0 Å². The van der Waals surface area contributed by atoms with Gasteiger partial charge in [0.15, 0.2) is 0 Å². The minimum absolute atomic E-state index is 0. The largest absolute Gasteiger partial charge is 0.300 e. The molecule has 2 heteroatoms. The van der Waals surface area contributed by atoms with Crippen LogP contribution in [0.1, 0.15) is 64.2 Å². The molecule has 2 saturated carbocycles. The van der Waals surface area contributed by atoms with Gasteiger partial charge in [-0.15, -0.1) is 17.0 Å². The summed E-state index contributed by atoms with van der Waals surface area (Å²) in [5, 5.41) is 0. The highest BCUT2D eigenvalue weighted by molar-refractivity contribution is 8.93. The molecule has 0 radical (unpaired) electrons. The van der Waals surface area contributed by atoms with Crippen molar-refractivity contribution >= 4 is 17.0 Å². The fourth-order valence-electron chi connectivity index (χ4n) is 3.27. The van der Waals surface area contributed by atoms with Gasteiger partial charge in [0, 0.05) is 12.1 Å². The fraction of sp³-hybridized carbons (Fsp3) is 1.00. The Balaban J connectivity index is 0.00000112. The average Bonchev–Trinajstić information content (AvgIpc) is 2.30. The molecule has 2 fully saturated rings. The van der Waals surface area contributed by atoms with Crippen LogP contribution in [0.5, 0.6) is 0 Å². The van der Waals surface area contributed by atoms with Crippen molar-refractivity contribution in [2.75, 3.05) is 7.05 Å². The Morgan fingerprint density at radius 3 is 1.33 bits per heavy atom. The third-order valence-corrected chi connectivity index (χ3v) is 4.30. The number of hydrogen-bond donors (Lipinski definition) is 0. The molecular weight excluding hydrogens is 250 g/mol. The zero-order valence-electron chi connectivity index (χ0n) is 10.1. The van der Waals surface area contributed by atoms with Gasteiger partial charge in [-0.05, 0) is 32.7 Å². The first-order valence-electron chi connectivity index (χ1n) is 6.60. The lowest BCUT2D eigenvalue weighted by Crippen LogP contribution is -2.42. The maximum Gasteiger partial charge on any atom is 0.00951 e. The van der Waals surface area contributed by atoms with Gasteiger partial charge < -0.3 is 4.90 Å². The highest BCUT2D eigenvalue weighted by atomic mass is 79.9. The van der Waals surface area contributed by atoms with Crippen LogP contribution in [0.4, 0.5) is 0 Å². The summed E-state index contributed by atoms with van der Waals surface area (Å²) in [5.74, 6) is 0. The predicted molar refractivity (Wildman–Crippen MR) is 71.8 cm³/mol. The average molecular weight is 276 g/mol. The zero-order chi connectivity index (χ0) is 9.80. The second-order valence-electron chi connectivity index (χ2n) is 5.25. The predicted octanol–water partition coefficient (Wildman–Crippen LogP) is 4.16. The normalized spacial score (nSPS) is 25.2. The molecule has 2 rings (SSSR count). The first-order chi connectivity index (χ1) is 6.88. The van der Waals surface area contributed by atoms with E-state index in [1.165, 1.54) is 64.2 Å². The lowest BCUT2D eigenvalue weighted by Gasteiger charge is -2.39. The van der Waals surface area contributed by atoms with Crippen LogP contribution >= 0.6 is 17.0 Å². The van der Waals surface area contributed by atoms with Gasteiger partial charge in [0.1, 0.15) is 0 Å². The molecular formula is C13H26BrN. The molecule has 0 atom stereocenters. The van der Waals surface area contributed by atoms with Gasteiger partial charge in [-0.2, -0.15) is 0 Å². The van der Waals surface area contributed by atoms with Crippen molar-refractivity contribution in [3.8, 4) is 0 Å². The molecule has 0 aromatic carbocycles.